The predicted octanol–water partition coefficient (Wildman–Crippen LogP) is 4.04. The number of hydrogen-bond acceptors (Lipinski definition) is 2. The van der Waals surface area contributed by atoms with Gasteiger partial charge >= 0.3 is 0 Å². The van der Waals surface area contributed by atoms with Crippen LogP contribution < -0.4 is 5.32 Å². The summed E-state index contributed by atoms with van der Waals surface area (Å²) in [6.45, 7) is 10.2. The zero-order valence-corrected chi connectivity index (χ0v) is 14.5. The standard InChI is InChI=1S/C17H22ClN3O/c1-10-7-6-8-15(12(10)3)19-17(22)11(2)9-21-14(5)16(18)13(4)20-21/h6-8,11H,9H2,1-5H3,(H,19,22). The fourth-order valence-electron chi connectivity index (χ4n) is 2.34. The molecule has 1 unspecified atom stereocenters. The predicted molar refractivity (Wildman–Crippen MR) is 90.4 cm³/mol. The van der Waals surface area contributed by atoms with Crippen LogP contribution in [-0.2, 0) is 11.3 Å². The van der Waals surface area contributed by atoms with E-state index < -0.39 is 0 Å². The van der Waals surface area contributed by atoms with Crippen molar-refractivity contribution >= 4 is 23.2 Å². The highest BCUT2D eigenvalue weighted by Crippen LogP contribution is 2.21. The van der Waals surface area contributed by atoms with E-state index in [1.54, 1.807) is 4.68 Å². The van der Waals surface area contributed by atoms with Gasteiger partial charge in [0.05, 0.1) is 28.9 Å². The van der Waals surface area contributed by atoms with Gasteiger partial charge < -0.3 is 5.32 Å². The van der Waals surface area contributed by atoms with Crippen LogP contribution in [0.1, 0.15) is 29.4 Å². The number of carbonyl (C=O) groups is 1. The minimum absolute atomic E-state index is 0.0163. The highest BCUT2D eigenvalue weighted by molar-refractivity contribution is 6.31. The molecule has 2 rings (SSSR count). The van der Waals surface area contributed by atoms with Crippen molar-refractivity contribution in [2.75, 3.05) is 5.32 Å². The number of carbonyl (C=O) groups excluding carboxylic acids is 1. The third kappa shape index (κ3) is 3.33. The molecule has 4 nitrogen and oxygen atoms in total. The highest BCUT2D eigenvalue weighted by atomic mass is 35.5. The van der Waals surface area contributed by atoms with Crippen LogP contribution in [0.3, 0.4) is 0 Å². The highest BCUT2D eigenvalue weighted by Gasteiger charge is 2.18. The van der Waals surface area contributed by atoms with Gasteiger partial charge in [0, 0.05) is 5.69 Å². The van der Waals surface area contributed by atoms with Crippen molar-refractivity contribution in [2.24, 2.45) is 5.92 Å². The van der Waals surface area contributed by atoms with E-state index in [4.69, 9.17) is 11.6 Å². The molecule has 1 aromatic heterocycles. The van der Waals surface area contributed by atoms with Gasteiger partial charge in [-0.25, -0.2) is 0 Å². The molecule has 2 aromatic rings. The molecule has 1 atom stereocenters. The molecule has 0 aliphatic rings. The molecule has 0 radical (unpaired) electrons. The second-order valence-electron chi connectivity index (χ2n) is 5.80. The molecule has 0 aliphatic heterocycles. The summed E-state index contributed by atoms with van der Waals surface area (Å²) in [5.74, 6) is -0.216. The van der Waals surface area contributed by atoms with Gasteiger partial charge in [0.2, 0.25) is 5.91 Å². The summed E-state index contributed by atoms with van der Waals surface area (Å²) in [6.07, 6.45) is 0. The van der Waals surface area contributed by atoms with Gasteiger partial charge in [-0.15, -0.1) is 0 Å². The van der Waals surface area contributed by atoms with Gasteiger partial charge in [-0.3, -0.25) is 9.48 Å². The van der Waals surface area contributed by atoms with E-state index in [9.17, 15) is 4.79 Å². The molecular formula is C17H22ClN3O. The minimum Gasteiger partial charge on any atom is -0.326 e. The van der Waals surface area contributed by atoms with Crippen molar-refractivity contribution in [1.29, 1.82) is 0 Å². The maximum absolute atomic E-state index is 12.4. The SMILES string of the molecule is Cc1cccc(NC(=O)C(C)Cn2nc(C)c(Cl)c2C)c1C. The Labute approximate surface area is 136 Å². The lowest BCUT2D eigenvalue weighted by molar-refractivity contribution is -0.119. The maximum atomic E-state index is 12.4. The number of aryl methyl sites for hydroxylation is 2. The third-order valence-corrected chi connectivity index (χ3v) is 4.60. The van der Waals surface area contributed by atoms with E-state index in [0.29, 0.717) is 11.6 Å². The molecule has 118 valence electrons. The number of rotatable bonds is 4. The quantitative estimate of drug-likeness (QED) is 0.924. The van der Waals surface area contributed by atoms with Crippen LogP contribution in [-0.4, -0.2) is 15.7 Å². The number of hydrogen-bond donors (Lipinski definition) is 1. The Morgan fingerprint density at radius 2 is 2.00 bits per heavy atom. The lowest BCUT2D eigenvalue weighted by Gasteiger charge is -2.15. The van der Waals surface area contributed by atoms with Gasteiger partial charge in [0.1, 0.15) is 0 Å². The van der Waals surface area contributed by atoms with Crippen molar-refractivity contribution in [1.82, 2.24) is 9.78 Å². The number of amides is 1. The first-order chi connectivity index (χ1) is 10.3. The zero-order chi connectivity index (χ0) is 16.4. The second kappa shape index (κ2) is 6.53. The number of nitrogens with one attached hydrogen (secondary N) is 1. The van der Waals surface area contributed by atoms with Crippen LogP contribution in [0.25, 0.3) is 0 Å². The number of nitrogens with zero attached hydrogens (tertiary/aromatic N) is 2. The molecule has 5 heteroatoms. The molecule has 0 saturated heterocycles. The van der Waals surface area contributed by atoms with Gasteiger partial charge in [0.15, 0.2) is 0 Å². The Kier molecular flexibility index (Phi) is 4.91. The van der Waals surface area contributed by atoms with E-state index in [1.807, 2.05) is 52.8 Å². The monoisotopic (exact) mass is 319 g/mol. The summed E-state index contributed by atoms with van der Waals surface area (Å²) in [4.78, 5) is 12.4. The largest absolute Gasteiger partial charge is 0.326 e. The van der Waals surface area contributed by atoms with Crippen LogP contribution in [0.2, 0.25) is 5.02 Å². The molecule has 1 N–H and O–H groups in total. The average Bonchev–Trinajstić information content (AvgIpc) is 2.71. The fraction of sp³-hybridized carbons (Fsp3) is 0.412. The maximum Gasteiger partial charge on any atom is 0.229 e. The number of benzene rings is 1. The van der Waals surface area contributed by atoms with Gasteiger partial charge in [-0.2, -0.15) is 5.10 Å². The first-order valence-electron chi connectivity index (χ1n) is 7.37. The van der Waals surface area contributed by atoms with Gasteiger partial charge in [-0.05, 0) is 44.9 Å². The lowest BCUT2D eigenvalue weighted by Crippen LogP contribution is -2.25. The van der Waals surface area contributed by atoms with Gasteiger partial charge in [0.25, 0.3) is 0 Å². The Bertz CT molecular complexity index is 706. The second-order valence-corrected chi connectivity index (χ2v) is 6.18. The Morgan fingerprint density at radius 1 is 1.32 bits per heavy atom. The molecule has 0 saturated carbocycles. The minimum atomic E-state index is -0.200. The lowest BCUT2D eigenvalue weighted by atomic mass is 10.1. The summed E-state index contributed by atoms with van der Waals surface area (Å²) in [5, 5.41) is 8.04. The molecular weight excluding hydrogens is 298 g/mol. The Morgan fingerprint density at radius 3 is 2.59 bits per heavy atom. The average molecular weight is 320 g/mol. The number of aromatic nitrogens is 2. The molecule has 0 aliphatic carbocycles. The molecule has 0 spiro atoms. The van der Waals surface area contributed by atoms with Crippen LogP contribution >= 0.6 is 11.6 Å². The summed E-state index contributed by atoms with van der Waals surface area (Å²) in [5.41, 5.74) is 4.81. The summed E-state index contributed by atoms with van der Waals surface area (Å²) in [6, 6.07) is 5.91. The summed E-state index contributed by atoms with van der Waals surface area (Å²) in [7, 11) is 0. The summed E-state index contributed by atoms with van der Waals surface area (Å²) < 4.78 is 1.80. The van der Waals surface area contributed by atoms with Crippen molar-refractivity contribution in [2.45, 2.75) is 41.2 Å². The van der Waals surface area contributed by atoms with Crippen molar-refractivity contribution in [3.05, 3.63) is 45.7 Å². The van der Waals surface area contributed by atoms with Crippen LogP contribution in [0.5, 0.6) is 0 Å². The molecule has 1 amide bonds. The molecule has 1 heterocycles. The fourth-order valence-corrected chi connectivity index (χ4v) is 2.47. The number of anilines is 1. The molecule has 0 bridgehead atoms. The molecule has 1 aromatic carbocycles. The smallest absolute Gasteiger partial charge is 0.229 e. The molecule has 22 heavy (non-hydrogen) atoms. The van der Waals surface area contributed by atoms with Crippen molar-refractivity contribution in [3.8, 4) is 0 Å². The van der Waals surface area contributed by atoms with Crippen LogP contribution in [0.15, 0.2) is 18.2 Å². The van der Waals surface area contributed by atoms with Crippen molar-refractivity contribution in [3.63, 3.8) is 0 Å². The van der Waals surface area contributed by atoms with E-state index >= 15 is 0 Å². The topological polar surface area (TPSA) is 46.9 Å². The third-order valence-electron chi connectivity index (χ3n) is 4.05. The van der Waals surface area contributed by atoms with E-state index in [-0.39, 0.29) is 11.8 Å². The Balaban J connectivity index is 2.09. The van der Waals surface area contributed by atoms with Crippen LogP contribution in [0, 0.1) is 33.6 Å². The van der Waals surface area contributed by atoms with Crippen LogP contribution in [0.4, 0.5) is 5.69 Å². The van der Waals surface area contributed by atoms with E-state index in [0.717, 1.165) is 28.2 Å². The number of halogens is 1. The Hall–Kier alpha value is -1.81. The first-order valence-corrected chi connectivity index (χ1v) is 7.75. The summed E-state index contributed by atoms with van der Waals surface area (Å²) >= 11 is 6.15. The molecule has 0 fully saturated rings. The normalized spacial score (nSPS) is 12.3. The van der Waals surface area contributed by atoms with Crippen molar-refractivity contribution < 1.29 is 4.79 Å². The zero-order valence-electron chi connectivity index (χ0n) is 13.7. The van der Waals surface area contributed by atoms with E-state index in [2.05, 4.69) is 10.4 Å². The van der Waals surface area contributed by atoms with E-state index in [1.165, 1.54) is 0 Å². The first kappa shape index (κ1) is 16.6. The van der Waals surface area contributed by atoms with Gasteiger partial charge in [-0.1, -0.05) is 30.7 Å².